The first kappa shape index (κ1) is 15.6. The molecule has 0 aromatic heterocycles. The van der Waals surface area contributed by atoms with Gasteiger partial charge in [0.1, 0.15) is 5.60 Å². The molecule has 0 aliphatic heterocycles. The van der Waals surface area contributed by atoms with Gasteiger partial charge in [0.25, 0.3) is 0 Å². The van der Waals surface area contributed by atoms with Crippen LogP contribution in [0.5, 0.6) is 0 Å². The summed E-state index contributed by atoms with van der Waals surface area (Å²) in [5, 5.41) is 3.14. The van der Waals surface area contributed by atoms with Crippen molar-refractivity contribution in [3.05, 3.63) is 0 Å². The summed E-state index contributed by atoms with van der Waals surface area (Å²) in [6, 6.07) is 0.0541. The van der Waals surface area contributed by atoms with Crippen molar-refractivity contribution in [2.45, 2.75) is 45.8 Å². The molecular weight excluding hydrogens is 226 g/mol. The van der Waals surface area contributed by atoms with E-state index in [2.05, 4.69) is 5.32 Å². The molecule has 0 fully saturated rings. The van der Waals surface area contributed by atoms with Crippen molar-refractivity contribution in [1.29, 1.82) is 0 Å². The van der Waals surface area contributed by atoms with Crippen molar-refractivity contribution in [3.8, 4) is 0 Å². The molecule has 16 heavy (non-hydrogen) atoms. The Hall–Kier alpha value is -0.420. The number of hydrogen-bond acceptors (Lipinski definition) is 4. The number of hydrogen-bond donors (Lipinski definition) is 1. The summed E-state index contributed by atoms with van der Waals surface area (Å²) in [5.41, 5.74) is -0.429. The summed E-state index contributed by atoms with van der Waals surface area (Å²) in [4.78, 5) is 11.4. The topological polar surface area (TPSA) is 55.4 Å². The maximum atomic E-state index is 11.4. The van der Waals surface area contributed by atoms with Crippen molar-refractivity contribution in [3.63, 3.8) is 0 Å². The molecule has 0 aliphatic carbocycles. The van der Waals surface area contributed by atoms with Crippen LogP contribution in [0.2, 0.25) is 0 Å². The maximum absolute atomic E-state index is 11.4. The van der Waals surface area contributed by atoms with Crippen LogP contribution in [-0.4, -0.2) is 40.4 Å². The molecule has 0 heterocycles. The third-order valence-electron chi connectivity index (χ3n) is 1.78. The summed E-state index contributed by atoms with van der Waals surface area (Å²) in [6.07, 6.45) is 2.01. The van der Waals surface area contributed by atoms with Crippen molar-refractivity contribution < 1.29 is 13.7 Å². The fraction of sp³-hybridized carbons (Fsp3) is 0.909. The van der Waals surface area contributed by atoms with Crippen LogP contribution >= 0.6 is 0 Å². The Morgan fingerprint density at radius 3 is 2.44 bits per heavy atom. The van der Waals surface area contributed by atoms with E-state index in [1.807, 2.05) is 27.7 Å². The fourth-order valence-electron chi connectivity index (χ4n) is 1.15. The van der Waals surface area contributed by atoms with Gasteiger partial charge in [-0.25, -0.2) is 0 Å². The normalized spacial score (nSPS) is 15.6. The molecule has 96 valence electrons. The zero-order valence-corrected chi connectivity index (χ0v) is 11.6. The average Bonchev–Trinajstić information content (AvgIpc) is 1.98. The predicted octanol–water partition coefficient (Wildman–Crippen LogP) is 1.07. The number of esters is 1. The molecular formula is C11H23NO3S. The molecule has 0 rings (SSSR count). The number of ether oxygens (including phenoxy) is 1. The molecule has 0 bridgehead atoms. The quantitative estimate of drug-likeness (QED) is 0.716. The minimum Gasteiger partial charge on any atom is -0.460 e. The molecule has 0 aliphatic rings. The van der Waals surface area contributed by atoms with E-state index in [1.165, 1.54) is 0 Å². The Bertz CT molecular complexity index is 248. The van der Waals surface area contributed by atoms with Gasteiger partial charge in [0.15, 0.2) is 0 Å². The lowest BCUT2D eigenvalue weighted by molar-refractivity contribution is -0.155. The molecule has 0 aromatic rings. The Morgan fingerprint density at radius 2 is 2.00 bits per heavy atom. The lowest BCUT2D eigenvalue weighted by Gasteiger charge is -2.21. The lowest BCUT2D eigenvalue weighted by atomic mass is 10.2. The first-order valence-electron chi connectivity index (χ1n) is 5.46. The largest absolute Gasteiger partial charge is 0.460 e. The molecule has 0 saturated heterocycles. The fourth-order valence-corrected chi connectivity index (χ4v) is 1.56. The average molecular weight is 249 g/mol. The van der Waals surface area contributed by atoms with E-state index in [1.54, 1.807) is 6.26 Å². The van der Waals surface area contributed by atoms with Gasteiger partial charge in [-0.1, -0.05) is 0 Å². The highest BCUT2D eigenvalue weighted by molar-refractivity contribution is 7.84. The second kappa shape index (κ2) is 7.01. The number of carbonyl (C=O) groups is 1. The maximum Gasteiger partial charge on any atom is 0.307 e. The van der Waals surface area contributed by atoms with Gasteiger partial charge in [-0.2, -0.15) is 0 Å². The molecule has 0 spiro atoms. The molecule has 1 N–H and O–H groups in total. The zero-order chi connectivity index (χ0) is 12.8. The van der Waals surface area contributed by atoms with Crippen LogP contribution in [0.25, 0.3) is 0 Å². The van der Waals surface area contributed by atoms with Crippen LogP contribution in [0.15, 0.2) is 0 Å². The standard InChI is InChI=1S/C11H23NO3S/c1-9(12-6-7-16(5)14)8-10(13)15-11(2,3)4/h9,12H,6-8H2,1-5H3. The summed E-state index contributed by atoms with van der Waals surface area (Å²) in [7, 11) is -0.789. The van der Waals surface area contributed by atoms with Gasteiger partial charge in [-0.05, 0) is 27.7 Å². The van der Waals surface area contributed by atoms with Crippen LogP contribution in [0, 0.1) is 0 Å². The highest BCUT2D eigenvalue weighted by Crippen LogP contribution is 2.09. The summed E-state index contributed by atoms with van der Waals surface area (Å²) >= 11 is 0. The number of nitrogens with one attached hydrogen (secondary N) is 1. The molecule has 5 heteroatoms. The molecule has 0 radical (unpaired) electrons. The molecule has 4 nitrogen and oxygen atoms in total. The third kappa shape index (κ3) is 10.1. The van der Waals surface area contributed by atoms with Crippen LogP contribution < -0.4 is 5.32 Å². The van der Waals surface area contributed by atoms with E-state index in [0.29, 0.717) is 18.7 Å². The summed E-state index contributed by atoms with van der Waals surface area (Å²) < 4.78 is 16.0. The van der Waals surface area contributed by atoms with Crippen molar-refractivity contribution in [2.75, 3.05) is 18.6 Å². The van der Waals surface area contributed by atoms with Gasteiger partial charge < -0.3 is 10.1 Å². The van der Waals surface area contributed by atoms with Crippen molar-refractivity contribution >= 4 is 16.8 Å². The first-order valence-corrected chi connectivity index (χ1v) is 7.18. The monoisotopic (exact) mass is 249 g/mol. The minimum atomic E-state index is -0.789. The number of carbonyl (C=O) groups excluding carboxylic acids is 1. The lowest BCUT2D eigenvalue weighted by Crippen LogP contribution is -2.34. The van der Waals surface area contributed by atoms with E-state index in [0.717, 1.165) is 0 Å². The Morgan fingerprint density at radius 1 is 1.44 bits per heavy atom. The highest BCUT2D eigenvalue weighted by atomic mass is 32.2. The molecule has 0 saturated carbocycles. The van der Waals surface area contributed by atoms with Gasteiger partial charge in [0.05, 0.1) is 6.42 Å². The minimum absolute atomic E-state index is 0.0541. The third-order valence-corrected chi connectivity index (χ3v) is 2.55. The van der Waals surface area contributed by atoms with Crippen LogP contribution in [0.4, 0.5) is 0 Å². The Kier molecular flexibility index (Phi) is 6.83. The predicted molar refractivity (Wildman–Crippen MR) is 66.9 cm³/mol. The summed E-state index contributed by atoms with van der Waals surface area (Å²) in [6.45, 7) is 8.13. The summed E-state index contributed by atoms with van der Waals surface area (Å²) in [5.74, 6) is 0.406. The zero-order valence-electron chi connectivity index (χ0n) is 10.8. The van der Waals surface area contributed by atoms with Crippen LogP contribution in [-0.2, 0) is 20.3 Å². The van der Waals surface area contributed by atoms with E-state index in [9.17, 15) is 9.00 Å². The van der Waals surface area contributed by atoms with E-state index in [4.69, 9.17) is 4.74 Å². The van der Waals surface area contributed by atoms with Gasteiger partial charge in [0, 0.05) is 35.4 Å². The second-order valence-corrected chi connectivity index (χ2v) is 6.48. The van der Waals surface area contributed by atoms with Gasteiger partial charge in [-0.15, -0.1) is 0 Å². The molecule has 0 aromatic carbocycles. The smallest absolute Gasteiger partial charge is 0.307 e. The number of rotatable bonds is 6. The molecule has 2 atom stereocenters. The van der Waals surface area contributed by atoms with Crippen LogP contribution in [0.1, 0.15) is 34.1 Å². The second-order valence-electron chi connectivity index (χ2n) is 4.92. The van der Waals surface area contributed by atoms with Gasteiger partial charge >= 0.3 is 5.97 Å². The van der Waals surface area contributed by atoms with Gasteiger partial charge in [-0.3, -0.25) is 9.00 Å². The molecule has 0 amide bonds. The van der Waals surface area contributed by atoms with Crippen LogP contribution in [0.3, 0.4) is 0 Å². The Balaban J connectivity index is 3.74. The molecule has 2 unspecified atom stereocenters. The van der Waals surface area contributed by atoms with E-state index in [-0.39, 0.29) is 12.0 Å². The van der Waals surface area contributed by atoms with E-state index >= 15 is 0 Å². The SMILES string of the molecule is CC(CC(=O)OC(C)(C)C)NCCS(C)=O. The van der Waals surface area contributed by atoms with E-state index < -0.39 is 16.4 Å². The van der Waals surface area contributed by atoms with Crippen molar-refractivity contribution in [2.24, 2.45) is 0 Å². The van der Waals surface area contributed by atoms with Crippen molar-refractivity contribution in [1.82, 2.24) is 5.32 Å². The first-order chi connectivity index (χ1) is 7.20. The highest BCUT2D eigenvalue weighted by Gasteiger charge is 2.17. The van der Waals surface area contributed by atoms with Gasteiger partial charge in [0.2, 0.25) is 0 Å². The Labute approximate surface area is 101 Å².